The third kappa shape index (κ3) is 6.10. The Morgan fingerprint density at radius 3 is 2.67 bits per heavy atom. The normalized spacial score (nSPS) is 10.1. The van der Waals surface area contributed by atoms with Crippen LogP contribution in [0, 0.1) is 0 Å². The summed E-state index contributed by atoms with van der Waals surface area (Å²) >= 11 is 0. The number of hydrogen-bond donors (Lipinski definition) is 2. The van der Waals surface area contributed by atoms with Gasteiger partial charge in [0.25, 0.3) is 0 Å². The number of carbonyl (C=O) groups is 1. The van der Waals surface area contributed by atoms with Crippen LogP contribution < -0.4 is 15.8 Å². The molecule has 3 N–H and O–H groups in total. The topological polar surface area (TPSA) is 73.6 Å². The molecule has 0 unspecified atom stereocenters. The summed E-state index contributed by atoms with van der Waals surface area (Å²) in [5.41, 5.74) is 6.25. The van der Waals surface area contributed by atoms with Gasteiger partial charge in [-0.15, -0.1) is 0 Å². The zero-order valence-electron chi connectivity index (χ0n) is 10.6. The van der Waals surface area contributed by atoms with Crippen LogP contribution in [0.5, 0.6) is 5.75 Å². The second kappa shape index (κ2) is 8.36. The van der Waals surface area contributed by atoms with E-state index in [1.54, 1.807) is 24.3 Å². The van der Waals surface area contributed by atoms with Crippen LogP contribution in [-0.2, 0) is 9.53 Å². The Hall–Kier alpha value is -1.75. The van der Waals surface area contributed by atoms with Crippen LogP contribution in [0.4, 0.5) is 5.69 Å². The van der Waals surface area contributed by atoms with Gasteiger partial charge in [0, 0.05) is 12.3 Å². The molecule has 0 bridgehead atoms. The third-order valence-corrected chi connectivity index (χ3v) is 2.15. The highest BCUT2D eigenvalue weighted by Gasteiger charge is 2.00. The summed E-state index contributed by atoms with van der Waals surface area (Å²) < 4.78 is 10.5. The first-order chi connectivity index (χ1) is 8.72. The first-order valence-corrected chi connectivity index (χ1v) is 6.05. The van der Waals surface area contributed by atoms with Crippen molar-refractivity contribution in [2.24, 2.45) is 0 Å². The monoisotopic (exact) mass is 252 g/mol. The van der Waals surface area contributed by atoms with Gasteiger partial charge in [-0.05, 0) is 30.7 Å². The maximum Gasteiger partial charge on any atom is 0.246 e. The number of ether oxygens (including phenoxy) is 2. The van der Waals surface area contributed by atoms with Crippen molar-refractivity contribution in [2.45, 2.75) is 13.3 Å². The zero-order valence-corrected chi connectivity index (χ0v) is 10.6. The largest absolute Gasteiger partial charge is 0.492 e. The van der Waals surface area contributed by atoms with E-state index in [4.69, 9.17) is 15.2 Å². The van der Waals surface area contributed by atoms with Gasteiger partial charge in [-0.2, -0.15) is 0 Å². The third-order valence-electron chi connectivity index (χ3n) is 2.15. The first-order valence-electron chi connectivity index (χ1n) is 6.05. The summed E-state index contributed by atoms with van der Waals surface area (Å²) in [6.45, 7) is 3.59. The number of hydrogen-bond acceptors (Lipinski definition) is 4. The lowest BCUT2D eigenvalue weighted by Crippen LogP contribution is -2.31. The van der Waals surface area contributed by atoms with Crippen LogP contribution in [0.15, 0.2) is 24.3 Å². The fourth-order valence-corrected chi connectivity index (χ4v) is 1.28. The average molecular weight is 252 g/mol. The van der Waals surface area contributed by atoms with Gasteiger partial charge in [0.05, 0.1) is 6.54 Å². The highest BCUT2D eigenvalue weighted by atomic mass is 16.5. The molecule has 0 aliphatic heterocycles. The summed E-state index contributed by atoms with van der Waals surface area (Å²) in [7, 11) is 0. The molecule has 0 aliphatic rings. The number of anilines is 1. The predicted molar refractivity (Wildman–Crippen MR) is 70.5 cm³/mol. The molecule has 0 radical (unpaired) electrons. The lowest BCUT2D eigenvalue weighted by atomic mass is 10.3. The molecule has 1 rings (SSSR count). The molecule has 0 atom stereocenters. The molecule has 0 heterocycles. The molecule has 5 nitrogen and oxygen atoms in total. The van der Waals surface area contributed by atoms with Gasteiger partial charge in [0.15, 0.2) is 0 Å². The quantitative estimate of drug-likeness (QED) is 0.538. The highest BCUT2D eigenvalue weighted by molar-refractivity contribution is 5.77. The zero-order chi connectivity index (χ0) is 13.2. The lowest BCUT2D eigenvalue weighted by molar-refractivity contribution is -0.125. The van der Waals surface area contributed by atoms with E-state index in [2.05, 4.69) is 5.32 Å². The molecular formula is C13H20N2O3. The number of nitrogens with two attached hydrogens (primary N) is 1. The van der Waals surface area contributed by atoms with Gasteiger partial charge in [-0.3, -0.25) is 4.79 Å². The molecule has 5 heteroatoms. The summed E-state index contributed by atoms with van der Waals surface area (Å²) in [5.74, 6) is 0.616. The summed E-state index contributed by atoms with van der Waals surface area (Å²) in [4.78, 5) is 11.3. The average Bonchev–Trinajstić information content (AvgIpc) is 2.37. The molecule has 0 aromatic heterocycles. The Morgan fingerprint density at radius 2 is 2.00 bits per heavy atom. The van der Waals surface area contributed by atoms with Crippen molar-refractivity contribution >= 4 is 11.6 Å². The molecule has 0 fully saturated rings. The molecule has 0 saturated carbocycles. The molecule has 0 saturated heterocycles. The SMILES string of the molecule is CCCOCC(=O)NCCOc1ccc(N)cc1. The Morgan fingerprint density at radius 1 is 1.28 bits per heavy atom. The van der Waals surface area contributed by atoms with E-state index in [1.807, 2.05) is 6.92 Å². The van der Waals surface area contributed by atoms with E-state index in [0.29, 0.717) is 25.4 Å². The number of rotatable bonds is 8. The van der Waals surface area contributed by atoms with Gasteiger partial charge in [0.2, 0.25) is 5.91 Å². The number of carbonyl (C=O) groups excluding carboxylic acids is 1. The number of nitrogens with one attached hydrogen (secondary N) is 1. The molecule has 0 spiro atoms. The molecular weight excluding hydrogens is 232 g/mol. The molecule has 0 aliphatic carbocycles. The fourth-order valence-electron chi connectivity index (χ4n) is 1.28. The molecule has 1 aromatic carbocycles. The number of nitrogen functional groups attached to an aromatic ring is 1. The Balaban J connectivity index is 2.07. The van der Waals surface area contributed by atoms with E-state index < -0.39 is 0 Å². The Kier molecular flexibility index (Phi) is 6.64. The van der Waals surface area contributed by atoms with E-state index in [-0.39, 0.29) is 12.5 Å². The second-order valence-electron chi connectivity index (χ2n) is 3.82. The van der Waals surface area contributed by atoms with Crippen molar-refractivity contribution in [1.82, 2.24) is 5.32 Å². The first kappa shape index (κ1) is 14.3. The molecule has 1 amide bonds. The number of amides is 1. The summed E-state index contributed by atoms with van der Waals surface area (Å²) in [5, 5.41) is 2.71. The van der Waals surface area contributed by atoms with Crippen LogP contribution >= 0.6 is 0 Å². The lowest BCUT2D eigenvalue weighted by Gasteiger charge is -2.08. The molecule has 1 aromatic rings. The van der Waals surface area contributed by atoms with Gasteiger partial charge < -0.3 is 20.5 Å². The minimum atomic E-state index is -0.121. The van der Waals surface area contributed by atoms with Crippen LogP contribution in [-0.4, -0.2) is 32.3 Å². The predicted octanol–water partition coefficient (Wildman–Crippen LogP) is 1.19. The standard InChI is InChI=1S/C13H20N2O3/c1-2-8-17-10-13(16)15-7-9-18-12-5-3-11(14)4-6-12/h3-6H,2,7-10,14H2,1H3,(H,15,16). The minimum absolute atomic E-state index is 0.107. The summed E-state index contributed by atoms with van der Waals surface area (Å²) in [6, 6.07) is 7.13. The maximum atomic E-state index is 11.3. The van der Waals surface area contributed by atoms with Gasteiger partial charge in [-0.25, -0.2) is 0 Å². The van der Waals surface area contributed by atoms with E-state index in [1.165, 1.54) is 0 Å². The van der Waals surface area contributed by atoms with Crippen molar-refractivity contribution in [2.75, 3.05) is 32.1 Å². The van der Waals surface area contributed by atoms with Crippen LogP contribution in [0.25, 0.3) is 0 Å². The fraction of sp³-hybridized carbons (Fsp3) is 0.462. The van der Waals surface area contributed by atoms with Crippen LogP contribution in [0.1, 0.15) is 13.3 Å². The maximum absolute atomic E-state index is 11.3. The van der Waals surface area contributed by atoms with Crippen molar-refractivity contribution in [1.29, 1.82) is 0 Å². The smallest absolute Gasteiger partial charge is 0.246 e. The Labute approximate surface area is 107 Å². The van der Waals surface area contributed by atoms with Crippen molar-refractivity contribution in [3.8, 4) is 5.75 Å². The number of benzene rings is 1. The van der Waals surface area contributed by atoms with Crippen LogP contribution in [0.2, 0.25) is 0 Å². The molecule has 100 valence electrons. The van der Waals surface area contributed by atoms with Crippen molar-refractivity contribution in [3.05, 3.63) is 24.3 Å². The van der Waals surface area contributed by atoms with Crippen molar-refractivity contribution < 1.29 is 14.3 Å². The van der Waals surface area contributed by atoms with E-state index >= 15 is 0 Å². The highest BCUT2D eigenvalue weighted by Crippen LogP contribution is 2.12. The second-order valence-corrected chi connectivity index (χ2v) is 3.82. The Bertz CT molecular complexity index is 352. The van der Waals surface area contributed by atoms with Gasteiger partial charge in [0.1, 0.15) is 19.0 Å². The van der Waals surface area contributed by atoms with E-state index in [9.17, 15) is 4.79 Å². The summed E-state index contributed by atoms with van der Waals surface area (Å²) in [6.07, 6.45) is 0.910. The van der Waals surface area contributed by atoms with Crippen LogP contribution in [0.3, 0.4) is 0 Å². The minimum Gasteiger partial charge on any atom is -0.492 e. The van der Waals surface area contributed by atoms with Gasteiger partial charge >= 0.3 is 0 Å². The van der Waals surface area contributed by atoms with Gasteiger partial charge in [-0.1, -0.05) is 6.92 Å². The van der Waals surface area contributed by atoms with E-state index in [0.717, 1.165) is 12.2 Å². The molecule has 18 heavy (non-hydrogen) atoms. The van der Waals surface area contributed by atoms with Crippen molar-refractivity contribution in [3.63, 3.8) is 0 Å².